The quantitative estimate of drug-likeness (QED) is 0.292. The first-order chi connectivity index (χ1) is 16.2. The van der Waals surface area contributed by atoms with Crippen LogP contribution in [-0.4, -0.2) is 42.1 Å². The molecular weight excluding hydrogens is 442 g/mol. The van der Waals surface area contributed by atoms with E-state index in [2.05, 4.69) is 10.6 Å². The van der Waals surface area contributed by atoms with Crippen LogP contribution < -0.4 is 10.6 Å². The fourth-order valence-corrected chi connectivity index (χ4v) is 3.21. The zero-order chi connectivity index (χ0) is 25.1. The van der Waals surface area contributed by atoms with Gasteiger partial charge >= 0.3 is 12.1 Å². The number of nitro groups is 1. The third kappa shape index (κ3) is 8.53. The van der Waals surface area contributed by atoms with Crippen LogP contribution >= 0.6 is 0 Å². The fourth-order valence-electron chi connectivity index (χ4n) is 3.21. The van der Waals surface area contributed by atoms with E-state index in [-0.39, 0.29) is 24.6 Å². The van der Waals surface area contributed by atoms with E-state index in [0.717, 1.165) is 5.56 Å². The number of esters is 1. The lowest BCUT2D eigenvalue weighted by Crippen LogP contribution is -2.53. The summed E-state index contributed by atoms with van der Waals surface area (Å²) in [5.74, 6) is -1.18. The molecule has 2 rings (SSSR count). The number of methoxy groups -OCH3 is 1. The number of nitro benzene ring substituents is 1. The van der Waals surface area contributed by atoms with Gasteiger partial charge in [-0.25, -0.2) is 9.59 Å². The van der Waals surface area contributed by atoms with Crippen LogP contribution in [0.3, 0.4) is 0 Å². The van der Waals surface area contributed by atoms with Gasteiger partial charge in [-0.2, -0.15) is 0 Å². The minimum Gasteiger partial charge on any atom is -0.467 e. The Hall–Kier alpha value is -3.95. The Labute approximate surface area is 197 Å². The van der Waals surface area contributed by atoms with Crippen molar-refractivity contribution in [2.45, 2.75) is 45.4 Å². The van der Waals surface area contributed by atoms with E-state index >= 15 is 0 Å². The molecular formula is C24H29N3O7. The van der Waals surface area contributed by atoms with Gasteiger partial charge in [0.15, 0.2) is 0 Å². The topological polar surface area (TPSA) is 137 Å². The number of hydrogen-bond donors (Lipinski definition) is 2. The molecule has 34 heavy (non-hydrogen) atoms. The summed E-state index contributed by atoms with van der Waals surface area (Å²) < 4.78 is 10.0. The molecule has 0 aliphatic carbocycles. The number of alkyl carbamates (subject to hydrolysis) is 1. The van der Waals surface area contributed by atoms with Gasteiger partial charge < -0.3 is 20.1 Å². The highest BCUT2D eigenvalue weighted by atomic mass is 16.6. The fraction of sp³-hybridized carbons (Fsp3) is 0.375. The molecule has 0 saturated carbocycles. The van der Waals surface area contributed by atoms with Crippen LogP contribution in [0.25, 0.3) is 0 Å². The Morgan fingerprint density at radius 1 is 0.941 bits per heavy atom. The number of amides is 2. The van der Waals surface area contributed by atoms with Crippen LogP contribution in [0.5, 0.6) is 0 Å². The van der Waals surface area contributed by atoms with Gasteiger partial charge in [0.2, 0.25) is 5.91 Å². The normalized spacial score (nSPS) is 12.4. The number of carbonyl (C=O) groups is 3. The van der Waals surface area contributed by atoms with E-state index in [1.807, 2.05) is 44.2 Å². The first kappa shape index (κ1) is 26.3. The van der Waals surface area contributed by atoms with Crippen molar-refractivity contribution in [2.75, 3.05) is 7.11 Å². The lowest BCUT2D eigenvalue weighted by Gasteiger charge is -2.23. The summed E-state index contributed by atoms with van der Waals surface area (Å²) in [4.78, 5) is 47.9. The molecule has 0 aromatic heterocycles. The Morgan fingerprint density at radius 3 is 2.15 bits per heavy atom. The standard InChI is InChI=1S/C24H29N3O7/c1-16(2)13-20(26-24(30)34-15-18-7-5-4-6-8-18)22(28)25-21(23(29)33-3)14-17-9-11-19(12-10-17)27(31)32/h4-12,16,20-21H,13-15H2,1-3H3,(H,25,28)(H,26,30)/t20-,21-/m0/s1. The van der Waals surface area contributed by atoms with Gasteiger partial charge in [-0.15, -0.1) is 0 Å². The van der Waals surface area contributed by atoms with Gasteiger partial charge in [0.25, 0.3) is 5.69 Å². The van der Waals surface area contributed by atoms with Crippen molar-refractivity contribution in [2.24, 2.45) is 5.92 Å². The number of nitrogens with one attached hydrogen (secondary N) is 2. The molecule has 2 N–H and O–H groups in total. The average Bonchev–Trinajstić information content (AvgIpc) is 2.82. The smallest absolute Gasteiger partial charge is 0.408 e. The van der Waals surface area contributed by atoms with E-state index in [9.17, 15) is 24.5 Å². The summed E-state index contributed by atoms with van der Waals surface area (Å²) in [5.41, 5.74) is 1.31. The van der Waals surface area contributed by atoms with Gasteiger partial charge in [0, 0.05) is 18.6 Å². The highest BCUT2D eigenvalue weighted by Gasteiger charge is 2.28. The number of nitrogens with zero attached hydrogens (tertiary/aromatic N) is 1. The predicted octanol–water partition coefficient (Wildman–Crippen LogP) is 3.14. The zero-order valence-electron chi connectivity index (χ0n) is 19.4. The van der Waals surface area contributed by atoms with E-state index < -0.39 is 35.0 Å². The summed E-state index contributed by atoms with van der Waals surface area (Å²) in [6.07, 6.45) is -0.379. The van der Waals surface area contributed by atoms with Crippen LogP contribution in [0.4, 0.5) is 10.5 Å². The van der Waals surface area contributed by atoms with Crippen LogP contribution in [0.2, 0.25) is 0 Å². The second-order valence-electron chi connectivity index (χ2n) is 8.10. The van der Waals surface area contributed by atoms with E-state index in [0.29, 0.717) is 12.0 Å². The monoisotopic (exact) mass is 471 g/mol. The number of hydrogen-bond acceptors (Lipinski definition) is 7. The molecule has 0 heterocycles. The SMILES string of the molecule is COC(=O)[C@H](Cc1ccc([N+](=O)[O-])cc1)NC(=O)[C@H](CC(C)C)NC(=O)OCc1ccccc1. The van der Waals surface area contributed by atoms with Crippen LogP contribution in [0.15, 0.2) is 54.6 Å². The van der Waals surface area contributed by atoms with Gasteiger partial charge in [0.1, 0.15) is 18.7 Å². The summed E-state index contributed by atoms with van der Waals surface area (Å²) in [5, 5.41) is 16.0. The maximum atomic E-state index is 13.0. The molecule has 0 bridgehead atoms. The molecule has 2 aromatic carbocycles. The third-order valence-electron chi connectivity index (χ3n) is 4.92. The van der Waals surface area contributed by atoms with Crippen molar-refractivity contribution in [3.8, 4) is 0 Å². The molecule has 2 amide bonds. The van der Waals surface area contributed by atoms with Crippen molar-refractivity contribution in [1.29, 1.82) is 0 Å². The van der Waals surface area contributed by atoms with Crippen molar-refractivity contribution >= 4 is 23.7 Å². The summed E-state index contributed by atoms with van der Waals surface area (Å²) in [7, 11) is 1.20. The molecule has 0 radical (unpaired) electrons. The van der Waals surface area contributed by atoms with Crippen LogP contribution in [0, 0.1) is 16.0 Å². The second-order valence-corrected chi connectivity index (χ2v) is 8.10. The molecule has 0 aliphatic heterocycles. The highest BCUT2D eigenvalue weighted by Crippen LogP contribution is 2.14. The van der Waals surface area contributed by atoms with E-state index in [1.165, 1.54) is 31.4 Å². The Morgan fingerprint density at radius 2 is 1.59 bits per heavy atom. The van der Waals surface area contributed by atoms with Gasteiger partial charge in [-0.3, -0.25) is 14.9 Å². The molecule has 182 valence electrons. The highest BCUT2D eigenvalue weighted by molar-refractivity contribution is 5.89. The number of non-ortho nitro benzene ring substituents is 1. The molecule has 2 aromatic rings. The Balaban J connectivity index is 2.05. The molecule has 10 nitrogen and oxygen atoms in total. The molecule has 0 saturated heterocycles. The molecule has 0 fully saturated rings. The maximum absolute atomic E-state index is 13.0. The zero-order valence-corrected chi connectivity index (χ0v) is 19.4. The van der Waals surface area contributed by atoms with Gasteiger partial charge in [0.05, 0.1) is 12.0 Å². The molecule has 0 aliphatic rings. The van der Waals surface area contributed by atoms with E-state index in [4.69, 9.17) is 9.47 Å². The van der Waals surface area contributed by atoms with Crippen LogP contribution in [0.1, 0.15) is 31.4 Å². The number of carbonyl (C=O) groups excluding carboxylic acids is 3. The Bertz CT molecular complexity index is 978. The minimum absolute atomic E-state index is 0.0492. The van der Waals surface area contributed by atoms with E-state index in [1.54, 1.807) is 0 Å². The Kier molecular flexibility index (Phi) is 10.0. The van der Waals surface area contributed by atoms with Crippen molar-refractivity contribution < 1.29 is 28.8 Å². The summed E-state index contributed by atoms with van der Waals surface area (Å²) in [6.45, 7) is 3.84. The van der Waals surface area contributed by atoms with Crippen molar-refractivity contribution in [3.05, 3.63) is 75.8 Å². The molecule has 10 heteroatoms. The summed E-state index contributed by atoms with van der Waals surface area (Å²) in [6, 6.07) is 12.8. The average molecular weight is 472 g/mol. The molecule has 0 unspecified atom stereocenters. The van der Waals surface area contributed by atoms with Gasteiger partial charge in [-0.1, -0.05) is 56.3 Å². The number of ether oxygens (including phenoxy) is 2. The largest absolute Gasteiger partial charge is 0.467 e. The lowest BCUT2D eigenvalue weighted by molar-refractivity contribution is -0.384. The maximum Gasteiger partial charge on any atom is 0.408 e. The first-order valence-corrected chi connectivity index (χ1v) is 10.8. The van der Waals surface area contributed by atoms with Gasteiger partial charge in [-0.05, 0) is 23.5 Å². The van der Waals surface area contributed by atoms with Crippen molar-refractivity contribution in [1.82, 2.24) is 10.6 Å². The predicted molar refractivity (Wildman–Crippen MR) is 124 cm³/mol. The van der Waals surface area contributed by atoms with Crippen LogP contribution in [-0.2, 0) is 32.1 Å². The lowest BCUT2D eigenvalue weighted by atomic mass is 10.0. The molecule has 0 spiro atoms. The second kappa shape index (κ2) is 12.9. The first-order valence-electron chi connectivity index (χ1n) is 10.8. The summed E-state index contributed by atoms with van der Waals surface area (Å²) >= 11 is 0. The molecule has 2 atom stereocenters. The van der Waals surface area contributed by atoms with Crippen molar-refractivity contribution in [3.63, 3.8) is 0 Å². The number of rotatable bonds is 11. The third-order valence-corrected chi connectivity index (χ3v) is 4.92. The number of benzene rings is 2. The minimum atomic E-state index is -1.05.